The van der Waals surface area contributed by atoms with Crippen LogP contribution < -0.4 is 0 Å². The number of rotatable bonds is 2. The second-order valence-electron chi connectivity index (χ2n) is 3.06. The molecule has 0 saturated heterocycles. The van der Waals surface area contributed by atoms with Gasteiger partial charge in [0.15, 0.2) is 0 Å². The Kier molecular flexibility index (Phi) is 2.55. The van der Waals surface area contributed by atoms with Crippen molar-refractivity contribution in [1.82, 2.24) is 0 Å². The number of carbonyl (C=O) groups excluding carboxylic acids is 1. The summed E-state index contributed by atoms with van der Waals surface area (Å²) in [6, 6.07) is 9.59. The molecule has 2 nitrogen and oxygen atoms in total. The zero-order valence-corrected chi connectivity index (χ0v) is 8.20. The van der Waals surface area contributed by atoms with Crippen molar-refractivity contribution in [2.75, 3.05) is 5.88 Å². The van der Waals surface area contributed by atoms with E-state index in [-0.39, 0.29) is 18.0 Å². The van der Waals surface area contributed by atoms with Gasteiger partial charge in [-0.05, 0) is 11.6 Å². The molecule has 0 N–H and O–H groups in total. The van der Waals surface area contributed by atoms with Crippen LogP contribution in [-0.2, 0) is 9.53 Å². The molecule has 0 saturated carbocycles. The molecule has 0 amide bonds. The maximum atomic E-state index is 11.2. The predicted molar refractivity (Wildman–Crippen MR) is 54.1 cm³/mol. The standard InChI is InChI=1S/C11H9ClO2/c12-7-9-6-10(14-11(9)13)8-4-2-1-3-5-8/h1-6,10H,7H2/t10-/m0/s1. The van der Waals surface area contributed by atoms with E-state index < -0.39 is 0 Å². The summed E-state index contributed by atoms with van der Waals surface area (Å²) in [5.74, 6) is -0.101. The Morgan fingerprint density at radius 3 is 2.57 bits per heavy atom. The molecule has 1 atom stereocenters. The Labute approximate surface area is 87.1 Å². The van der Waals surface area contributed by atoms with E-state index >= 15 is 0 Å². The van der Waals surface area contributed by atoms with Crippen molar-refractivity contribution in [3.05, 3.63) is 47.5 Å². The first-order chi connectivity index (χ1) is 6.81. The van der Waals surface area contributed by atoms with Crippen LogP contribution in [-0.4, -0.2) is 11.8 Å². The van der Waals surface area contributed by atoms with Gasteiger partial charge in [0.1, 0.15) is 6.10 Å². The molecule has 72 valence electrons. The zero-order valence-electron chi connectivity index (χ0n) is 7.44. The smallest absolute Gasteiger partial charge is 0.335 e. The summed E-state index contributed by atoms with van der Waals surface area (Å²) in [5, 5.41) is 0. The minimum absolute atomic E-state index is 0.210. The third-order valence-electron chi connectivity index (χ3n) is 2.12. The van der Waals surface area contributed by atoms with Crippen molar-refractivity contribution >= 4 is 17.6 Å². The van der Waals surface area contributed by atoms with E-state index in [0.29, 0.717) is 5.57 Å². The van der Waals surface area contributed by atoms with Crippen LogP contribution in [0.5, 0.6) is 0 Å². The highest BCUT2D eigenvalue weighted by molar-refractivity contribution is 6.22. The molecule has 0 radical (unpaired) electrons. The third kappa shape index (κ3) is 1.66. The molecular weight excluding hydrogens is 200 g/mol. The molecule has 3 heteroatoms. The lowest BCUT2D eigenvalue weighted by molar-refractivity contribution is -0.139. The van der Waals surface area contributed by atoms with Crippen molar-refractivity contribution in [2.24, 2.45) is 0 Å². The van der Waals surface area contributed by atoms with Gasteiger partial charge < -0.3 is 4.74 Å². The molecule has 0 spiro atoms. The van der Waals surface area contributed by atoms with Crippen LogP contribution in [0.15, 0.2) is 42.0 Å². The number of alkyl halides is 1. The van der Waals surface area contributed by atoms with Crippen molar-refractivity contribution < 1.29 is 9.53 Å². The SMILES string of the molecule is O=C1O[C@H](c2ccccc2)C=C1CCl. The fourth-order valence-corrected chi connectivity index (χ4v) is 1.58. The van der Waals surface area contributed by atoms with E-state index in [2.05, 4.69) is 0 Å². The highest BCUT2D eigenvalue weighted by Gasteiger charge is 2.25. The van der Waals surface area contributed by atoms with Gasteiger partial charge in [0.2, 0.25) is 0 Å². The Bertz CT molecular complexity index is 370. The number of halogens is 1. The highest BCUT2D eigenvalue weighted by Crippen LogP contribution is 2.27. The summed E-state index contributed by atoms with van der Waals surface area (Å²) in [6.07, 6.45) is 1.50. The van der Waals surface area contributed by atoms with E-state index in [9.17, 15) is 4.79 Å². The molecule has 1 aromatic rings. The fraction of sp³-hybridized carbons (Fsp3) is 0.182. The summed E-state index contributed by atoms with van der Waals surface area (Å²) < 4.78 is 5.13. The normalized spacial score (nSPS) is 20.5. The van der Waals surface area contributed by atoms with Crippen LogP contribution in [0.3, 0.4) is 0 Å². The Balaban J connectivity index is 2.24. The van der Waals surface area contributed by atoms with Gasteiger partial charge in [0.25, 0.3) is 0 Å². The fourth-order valence-electron chi connectivity index (χ4n) is 1.38. The molecule has 2 rings (SSSR count). The Morgan fingerprint density at radius 2 is 2.00 bits per heavy atom. The lowest BCUT2D eigenvalue weighted by atomic mass is 10.1. The van der Waals surface area contributed by atoms with Crippen molar-refractivity contribution in [3.63, 3.8) is 0 Å². The van der Waals surface area contributed by atoms with Gasteiger partial charge in [-0.3, -0.25) is 0 Å². The molecule has 14 heavy (non-hydrogen) atoms. The molecule has 0 aromatic heterocycles. The maximum absolute atomic E-state index is 11.2. The number of benzene rings is 1. The first-order valence-electron chi connectivity index (χ1n) is 4.34. The number of hydrogen-bond donors (Lipinski definition) is 0. The van der Waals surface area contributed by atoms with E-state index in [1.807, 2.05) is 30.3 Å². The van der Waals surface area contributed by atoms with Crippen molar-refractivity contribution in [3.8, 4) is 0 Å². The molecule has 1 aliphatic rings. The lowest BCUT2D eigenvalue weighted by Gasteiger charge is -2.07. The molecule has 0 unspecified atom stereocenters. The van der Waals surface area contributed by atoms with Gasteiger partial charge in [-0.2, -0.15) is 0 Å². The molecule has 1 aliphatic heterocycles. The average Bonchev–Trinajstić information content (AvgIpc) is 2.61. The molecular formula is C11H9ClO2. The second-order valence-corrected chi connectivity index (χ2v) is 3.33. The largest absolute Gasteiger partial charge is 0.450 e. The average molecular weight is 209 g/mol. The number of cyclic esters (lactones) is 1. The predicted octanol–water partition coefficient (Wildman–Crippen LogP) is 2.45. The first kappa shape index (κ1) is 9.28. The van der Waals surface area contributed by atoms with E-state index in [0.717, 1.165) is 5.56 Å². The minimum atomic E-state index is -0.311. The number of ether oxygens (including phenoxy) is 1. The molecule has 0 bridgehead atoms. The van der Waals surface area contributed by atoms with E-state index in [1.54, 1.807) is 6.08 Å². The summed E-state index contributed by atoms with van der Waals surface area (Å²) in [5.41, 5.74) is 1.52. The van der Waals surface area contributed by atoms with Crippen LogP contribution in [0.4, 0.5) is 0 Å². The summed E-state index contributed by atoms with van der Waals surface area (Å²) in [7, 11) is 0. The highest BCUT2D eigenvalue weighted by atomic mass is 35.5. The van der Waals surface area contributed by atoms with Crippen LogP contribution in [0.1, 0.15) is 11.7 Å². The van der Waals surface area contributed by atoms with Crippen molar-refractivity contribution in [1.29, 1.82) is 0 Å². The molecule has 0 aliphatic carbocycles. The summed E-state index contributed by atoms with van der Waals surface area (Å²) in [6.45, 7) is 0. The van der Waals surface area contributed by atoms with Gasteiger partial charge in [-0.15, -0.1) is 11.6 Å². The van der Waals surface area contributed by atoms with Crippen molar-refractivity contribution in [2.45, 2.75) is 6.10 Å². The Morgan fingerprint density at radius 1 is 1.29 bits per heavy atom. The molecule has 1 aromatic carbocycles. The van der Waals surface area contributed by atoms with Gasteiger partial charge in [-0.1, -0.05) is 30.3 Å². The quantitative estimate of drug-likeness (QED) is 0.551. The van der Waals surface area contributed by atoms with Gasteiger partial charge in [0, 0.05) is 0 Å². The Hall–Kier alpha value is -1.28. The molecule has 0 fully saturated rings. The topological polar surface area (TPSA) is 26.3 Å². The monoisotopic (exact) mass is 208 g/mol. The van der Waals surface area contributed by atoms with E-state index in [1.165, 1.54) is 0 Å². The summed E-state index contributed by atoms with van der Waals surface area (Å²) in [4.78, 5) is 11.2. The second kappa shape index (κ2) is 3.84. The van der Waals surface area contributed by atoms with Gasteiger partial charge in [0.05, 0.1) is 11.5 Å². The van der Waals surface area contributed by atoms with Crippen LogP contribution in [0.2, 0.25) is 0 Å². The van der Waals surface area contributed by atoms with Crippen LogP contribution in [0.25, 0.3) is 0 Å². The molecule has 1 heterocycles. The summed E-state index contributed by atoms with van der Waals surface area (Å²) >= 11 is 5.59. The zero-order chi connectivity index (χ0) is 9.97. The maximum Gasteiger partial charge on any atom is 0.335 e. The number of carbonyl (C=O) groups is 1. The lowest BCUT2D eigenvalue weighted by Crippen LogP contribution is -2.02. The number of hydrogen-bond acceptors (Lipinski definition) is 2. The van der Waals surface area contributed by atoms with E-state index in [4.69, 9.17) is 16.3 Å². The minimum Gasteiger partial charge on any atom is -0.450 e. The van der Waals surface area contributed by atoms with Gasteiger partial charge in [-0.25, -0.2) is 4.79 Å². The first-order valence-corrected chi connectivity index (χ1v) is 4.87. The third-order valence-corrected chi connectivity index (χ3v) is 2.41. The van der Waals surface area contributed by atoms with Gasteiger partial charge >= 0.3 is 5.97 Å². The number of esters is 1. The van der Waals surface area contributed by atoms with Crippen LogP contribution >= 0.6 is 11.6 Å². The van der Waals surface area contributed by atoms with Crippen LogP contribution in [0, 0.1) is 0 Å².